The molecule has 1 rings (SSSR count). The van der Waals surface area contributed by atoms with E-state index in [1.54, 1.807) is 4.68 Å². The maximum atomic E-state index is 11.7. The molecule has 1 heterocycles. The van der Waals surface area contributed by atoms with Gasteiger partial charge in [0.25, 0.3) is 0 Å². The van der Waals surface area contributed by atoms with Gasteiger partial charge in [-0.05, 0) is 33.1 Å². The van der Waals surface area contributed by atoms with Crippen LogP contribution in [0.15, 0.2) is 0 Å². The van der Waals surface area contributed by atoms with E-state index in [2.05, 4.69) is 10.4 Å². The zero-order valence-corrected chi connectivity index (χ0v) is 11.1. The predicted molar refractivity (Wildman–Crippen MR) is 70.1 cm³/mol. The predicted octanol–water partition coefficient (Wildman–Crippen LogP) is 0.361. The van der Waals surface area contributed by atoms with Crippen LogP contribution in [0.1, 0.15) is 30.7 Å². The van der Waals surface area contributed by atoms with Crippen LogP contribution in [0.2, 0.25) is 0 Å². The van der Waals surface area contributed by atoms with Crippen LogP contribution in [-0.4, -0.2) is 33.9 Å². The van der Waals surface area contributed by atoms with Crippen molar-refractivity contribution in [1.82, 2.24) is 15.1 Å². The van der Waals surface area contributed by atoms with Crippen molar-refractivity contribution in [3.8, 4) is 0 Å². The van der Waals surface area contributed by atoms with E-state index in [1.807, 2.05) is 13.8 Å². The Labute approximate surface area is 107 Å². The lowest BCUT2D eigenvalue weighted by atomic mass is 10.2. The molecule has 0 bridgehead atoms. The molecule has 0 aliphatic heterocycles. The van der Waals surface area contributed by atoms with Gasteiger partial charge in [-0.15, -0.1) is 0 Å². The van der Waals surface area contributed by atoms with Crippen LogP contribution in [0.5, 0.6) is 0 Å². The van der Waals surface area contributed by atoms with Gasteiger partial charge in [-0.3, -0.25) is 9.48 Å². The number of nitrogen functional groups attached to an aromatic ring is 1. The molecule has 0 radical (unpaired) electrons. The smallest absolute Gasteiger partial charge is 0.241 e. The number of carbonyl (C=O) groups excluding carboxylic acids is 1. The topological polar surface area (TPSA) is 93.2 Å². The van der Waals surface area contributed by atoms with Crippen LogP contribution in [0.3, 0.4) is 0 Å². The number of aryl methyl sites for hydroxylation is 1. The highest BCUT2D eigenvalue weighted by molar-refractivity contribution is 5.75. The molecule has 0 aliphatic rings. The number of carbonyl (C=O) groups is 1. The fourth-order valence-corrected chi connectivity index (χ4v) is 1.70. The van der Waals surface area contributed by atoms with Gasteiger partial charge in [-0.2, -0.15) is 5.10 Å². The maximum absolute atomic E-state index is 11.7. The summed E-state index contributed by atoms with van der Waals surface area (Å²) < 4.78 is 1.62. The zero-order valence-electron chi connectivity index (χ0n) is 11.1. The number of nitrogens with zero attached hydrogens (tertiary/aromatic N) is 2. The van der Waals surface area contributed by atoms with Crippen molar-refractivity contribution in [2.75, 3.05) is 18.9 Å². The third-order valence-corrected chi connectivity index (χ3v) is 2.89. The summed E-state index contributed by atoms with van der Waals surface area (Å²) in [6.07, 6.45) is 2.58. The van der Waals surface area contributed by atoms with Gasteiger partial charge in [0.1, 0.15) is 6.54 Å². The Morgan fingerprint density at radius 3 is 2.67 bits per heavy atom. The molecule has 1 amide bonds. The minimum absolute atomic E-state index is 0.0652. The van der Waals surface area contributed by atoms with Gasteiger partial charge in [-0.25, -0.2) is 0 Å². The molecule has 0 saturated carbocycles. The lowest BCUT2D eigenvalue weighted by Gasteiger charge is -2.06. The summed E-state index contributed by atoms with van der Waals surface area (Å²) in [5.41, 5.74) is 8.01. The highest BCUT2D eigenvalue weighted by Crippen LogP contribution is 2.14. The summed E-state index contributed by atoms with van der Waals surface area (Å²) in [7, 11) is 0. The molecule has 1 aromatic heterocycles. The lowest BCUT2D eigenvalue weighted by molar-refractivity contribution is -0.121. The maximum Gasteiger partial charge on any atom is 0.241 e. The molecule has 6 heteroatoms. The molecule has 0 aromatic carbocycles. The molecule has 4 N–H and O–H groups in total. The number of hydrogen-bond donors (Lipinski definition) is 3. The largest absolute Gasteiger partial charge is 0.396 e. The highest BCUT2D eigenvalue weighted by atomic mass is 16.2. The number of rotatable bonds is 7. The molecule has 18 heavy (non-hydrogen) atoms. The molecule has 0 fully saturated rings. The Balaban J connectivity index is 2.33. The molecule has 0 aliphatic carbocycles. The van der Waals surface area contributed by atoms with E-state index in [9.17, 15) is 4.79 Å². The van der Waals surface area contributed by atoms with Gasteiger partial charge < -0.3 is 16.2 Å². The van der Waals surface area contributed by atoms with E-state index in [-0.39, 0.29) is 19.1 Å². The number of aliphatic hydroxyl groups excluding tert-OH is 1. The van der Waals surface area contributed by atoms with E-state index in [1.165, 1.54) is 0 Å². The highest BCUT2D eigenvalue weighted by Gasteiger charge is 2.10. The minimum atomic E-state index is -0.0652. The molecular weight excluding hydrogens is 232 g/mol. The van der Waals surface area contributed by atoms with Gasteiger partial charge in [0.15, 0.2) is 0 Å². The number of amides is 1. The van der Waals surface area contributed by atoms with E-state index < -0.39 is 0 Å². The fraction of sp³-hybridized carbons (Fsp3) is 0.667. The van der Waals surface area contributed by atoms with Gasteiger partial charge in [-0.1, -0.05) is 0 Å². The third-order valence-electron chi connectivity index (χ3n) is 2.89. The molecule has 0 atom stereocenters. The first-order valence-electron chi connectivity index (χ1n) is 6.23. The quantitative estimate of drug-likeness (QED) is 0.612. The average Bonchev–Trinajstić information content (AvgIpc) is 2.57. The number of hydrogen-bond acceptors (Lipinski definition) is 4. The van der Waals surface area contributed by atoms with Crippen LogP contribution in [-0.2, 0) is 11.3 Å². The number of anilines is 1. The Morgan fingerprint density at radius 1 is 1.39 bits per heavy atom. The van der Waals surface area contributed by atoms with Crippen LogP contribution < -0.4 is 11.1 Å². The Kier molecular flexibility index (Phi) is 5.64. The van der Waals surface area contributed by atoms with Crippen LogP contribution in [0.25, 0.3) is 0 Å². The number of nitrogens with two attached hydrogens (primary N) is 1. The molecule has 0 spiro atoms. The van der Waals surface area contributed by atoms with Crippen molar-refractivity contribution < 1.29 is 9.90 Å². The van der Waals surface area contributed by atoms with Crippen molar-refractivity contribution in [1.29, 1.82) is 0 Å². The number of aliphatic hydroxyl groups is 1. The number of unbranched alkanes of at least 4 members (excludes halogenated alkanes) is 2. The Bertz CT molecular complexity index is 401. The summed E-state index contributed by atoms with van der Waals surface area (Å²) in [6, 6.07) is 0. The van der Waals surface area contributed by atoms with Crippen molar-refractivity contribution in [2.24, 2.45) is 0 Å². The molecular formula is C12H22N4O2. The van der Waals surface area contributed by atoms with Crippen LogP contribution >= 0.6 is 0 Å². The fourth-order valence-electron chi connectivity index (χ4n) is 1.70. The molecule has 102 valence electrons. The van der Waals surface area contributed by atoms with Gasteiger partial charge >= 0.3 is 0 Å². The third kappa shape index (κ3) is 4.03. The minimum Gasteiger partial charge on any atom is -0.396 e. The van der Waals surface area contributed by atoms with E-state index >= 15 is 0 Å². The van der Waals surface area contributed by atoms with Gasteiger partial charge in [0.05, 0.1) is 17.1 Å². The van der Waals surface area contributed by atoms with E-state index in [4.69, 9.17) is 10.8 Å². The molecule has 1 aromatic rings. The van der Waals surface area contributed by atoms with Gasteiger partial charge in [0.2, 0.25) is 5.91 Å². The average molecular weight is 254 g/mol. The van der Waals surface area contributed by atoms with Crippen LogP contribution in [0, 0.1) is 13.8 Å². The summed E-state index contributed by atoms with van der Waals surface area (Å²) in [5, 5.41) is 15.6. The van der Waals surface area contributed by atoms with Crippen molar-refractivity contribution in [3.05, 3.63) is 11.4 Å². The second kappa shape index (κ2) is 7.00. The van der Waals surface area contributed by atoms with E-state index in [0.29, 0.717) is 12.2 Å². The van der Waals surface area contributed by atoms with E-state index in [0.717, 1.165) is 30.7 Å². The standard InChI is InChI=1S/C12H22N4O2/c1-9-12(13)10(2)16(15-9)8-11(18)14-6-4-3-5-7-17/h17H,3-8,13H2,1-2H3,(H,14,18). The molecule has 6 nitrogen and oxygen atoms in total. The monoisotopic (exact) mass is 254 g/mol. The number of aromatic nitrogens is 2. The lowest BCUT2D eigenvalue weighted by Crippen LogP contribution is -2.29. The zero-order chi connectivity index (χ0) is 13.5. The van der Waals surface area contributed by atoms with Crippen molar-refractivity contribution >= 4 is 11.6 Å². The Morgan fingerprint density at radius 2 is 2.11 bits per heavy atom. The molecule has 0 unspecified atom stereocenters. The Hall–Kier alpha value is -1.56. The number of nitrogens with one attached hydrogen (secondary N) is 1. The SMILES string of the molecule is Cc1nn(CC(=O)NCCCCCO)c(C)c1N. The van der Waals surface area contributed by atoms with Crippen molar-refractivity contribution in [3.63, 3.8) is 0 Å². The van der Waals surface area contributed by atoms with Crippen LogP contribution in [0.4, 0.5) is 5.69 Å². The van der Waals surface area contributed by atoms with Crippen molar-refractivity contribution in [2.45, 2.75) is 39.7 Å². The first-order valence-corrected chi connectivity index (χ1v) is 6.23. The first kappa shape index (κ1) is 14.5. The summed E-state index contributed by atoms with van der Waals surface area (Å²) in [4.78, 5) is 11.7. The summed E-state index contributed by atoms with van der Waals surface area (Å²) >= 11 is 0. The first-order chi connectivity index (χ1) is 8.56. The normalized spacial score (nSPS) is 10.6. The van der Waals surface area contributed by atoms with Gasteiger partial charge in [0, 0.05) is 13.2 Å². The summed E-state index contributed by atoms with van der Waals surface area (Å²) in [6.45, 7) is 4.71. The second-order valence-corrected chi connectivity index (χ2v) is 4.38. The molecule has 0 saturated heterocycles. The second-order valence-electron chi connectivity index (χ2n) is 4.38. The summed E-state index contributed by atoms with van der Waals surface area (Å²) in [5.74, 6) is -0.0652.